The first-order chi connectivity index (χ1) is 15.0. The number of nitrogens with two attached hydrogens (primary N) is 1. The van der Waals surface area contributed by atoms with Crippen molar-refractivity contribution in [3.8, 4) is 22.8 Å². The second-order valence-electron chi connectivity index (χ2n) is 6.72. The minimum absolute atomic E-state index is 0.158. The molecule has 0 spiro atoms. The molecule has 0 fully saturated rings. The SMILES string of the molecule is CSc1nn(CC(=O)Nc2cc(F)ccc2C)c(N)c1-c1nc(-c2ccccc2)no1. The van der Waals surface area contributed by atoms with Gasteiger partial charge in [-0.15, -0.1) is 11.8 Å². The highest BCUT2D eigenvalue weighted by molar-refractivity contribution is 7.98. The zero-order chi connectivity index (χ0) is 22.0. The number of nitrogen functional groups attached to an aromatic ring is 1. The zero-order valence-electron chi connectivity index (χ0n) is 16.8. The predicted molar refractivity (Wildman–Crippen MR) is 117 cm³/mol. The van der Waals surface area contributed by atoms with Crippen molar-refractivity contribution in [3.05, 3.63) is 59.9 Å². The number of hydrogen-bond donors (Lipinski definition) is 2. The molecule has 0 aliphatic rings. The van der Waals surface area contributed by atoms with Gasteiger partial charge in [-0.3, -0.25) is 4.79 Å². The van der Waals surface area contributed by atoms with Crippen molar-refractivity contribution in [2.75, 3.05) is 17.3 Å². The Morgan fingerprint density at radius 3 is 2.77 bits per heavy atom. The van der Waals surface area contributed by atoms with E-state index in [-0.39, 0.29) is 18.3 Å². The lowest BCUT2D eigenvalue weighted by Crippen LogP contribution is -2.21. The van der Waals surface area contributed by atoms with Crippen molar-refractivity contribution in [3.63, 3.8) is 0 Å². The summed E-state index contributed by atoms with van der Waals surface area (Å²) in [5.41, 5.74) is 8.69. The third kappa shape index (κ3) is 4.29. The fourth-order valence-electron chi connectivity index (χ4n) is 3.00. The van der Waals surface area contributed by atoms with Gasteiger partial charge in [0, 0.05) is 11.3 Å². The fraction of sp³-hybridized carbons (Fsp3) is 0.143. The van der Waals surface area contributed by atoms with Crippen molar-refractivity contribution in [1.82, 2.24) is 19.9 Å². The Labute approximate surface area is 181 Å². The van der Waals surface area contributed by atoms with Gasteiger partial charge in [0.1, 0.15) is 28.8 Å². The van der Waals surface area contributed by atoms with Gasteiger partial charge in [-0.05, 0) is 30.9 Å². The number of carbonyl (C=O) groups is 1. The summed E-state index contributed by atoms with van der Waals surface area (Å²) in [5, 5.41) is 11.7. The van der Waals surface area contributed by atoms with Crippen LogP contribution in [0.25, 0.3) is 22.8 Å². The van der Waals surface area contributed by atoms with Gasteiger partial charge in [-0.25, -0.2) is 9.07 Å². The van der Waals surface area contributed by atoms with Gasteiger partial charge in [-0.2, -0.15) is 10.1 Å². The summed E-state index contributed by atoms with van der Waals surface area (Å²) in [4.78, 5) is 17.0. The third-order valence-corrected chi connectivity index (χ3v) is 5.26. The number of thioether (sulfide) groups is 1. The zero-order valence-corrected chi connectivity index (χ0v) is 17.6. The van der Waals surface area contributed by atoms with Crippen molar-refractivity contribution in [2.24, 2.45) is 0 Å². The second kappa shape index (κ2) is 8.60. The van der Waals surface area contributed by atoms with Crippen LogP contribution in [0.1, 0.15) is 5.56 Å². The number of aromatic nitrogens is 4. The van der Waals surface area contributed by atoms with E-state index in [1.807, 2.05) is 36.6 Å². The molecule has 3 N–H and O–H groups in total. The first kappa shape index (κ1) is 20.6. The van der Waals surface area contributed by atoms with Crippen molar-refractivity contribution >= 4 is 29.2 Å². The van der Waals surface area contributed by atoms with E-state index in [0.29, 0.717) is 22.1 Å². The van der Waals surface area contributed by atoms with Crippen LogP contribution in [0, 0.1) is 12.7 Å². The van der Waals surface area contributed by atoms with Crippen LogP contribution in [0.15, 0.2) is 58.1 Å². The van der Waals surface area contributed by atoms with Crippen LogP contribution in [-0.2, 0) is 11.3 Å². The highest BCUT2D eigenvalue weighted by Crippen LogP contribution is 2.34. The van der Waals surface area contributed by atoms with Crippen molar-refractivity contribution in [2.45, 2.75) is 18.5 Å². The second-order valence-corrected chi connectivity index (χ2v) is 7.52. The monoisotopic (exact) mass is 438 g/mol. The molecule has 0 aliphatic carbocycles. The molecule has 0 aliphatic heterocycles. The molecule has 0 atom stereocenters. The lowest BCUT2D eigenvalue weighted by atomic mass is 10.2. The first-order valence-electron chi connectivity index (χ1n) is 9.32. The lowest BCUT2D eigenvalue weighted by Gasteiger charge is -2.09. The molecule has 1 amide bonds. The molecular formula is C21H19FN6O2S. The van der Waals surface area contributed by atoms with Crippen molar-refractivity contribution in [1.29, 1.82) is 0 Å². The van der Waals surface area contributed by atoms with Gasteiger partial charge >= 0.3 is 0 Å². The number of anilines is 2. The molecule has 0 saturated carbocycles. The molecule has 31 heavy (non-hydrogen) atoms. The molecule has 0 unspecified atom stereocenters. The Morgan fingerprint density at radius 2 is 2.03 bits per heavy atom. The Morgan fingerprint density at radius 1 is 1.26 bits per heavy atom. The van der Waals surface area contributed by atoms with E-state index in [4.69, 9.17) is 10.3 Å². The third-order valence-electron chi connectivity index (χ3n) is 4.59. The number of rotatable bonds is 6. The summed E-state index contributed by atoms with van der Waals surface area (Å²) in [6.45, 7) is 1.62. The number of hydrogen-bond acceptors (Lipinski definition) is 7. The molecule has 2 aromatic heterocycles. The van der Waals surface area contributed by atoms with Gasteiger partial charge in [-0.1, -0.05) is 41.6 Å². The quantitative estimate of drug-likeness (QED) is 0.438. The Hall–Kier alpha value is -3.66. The molecule has 158 valence electrons. The number of halogens is 1. The smallest absolute Gasteiger partial charge is 0.264 e. The summed E-state index contributed by atoms with van der Waals surface area (Å²) in [6, 6.07) is 13.6. The summed E-state index contributed by atoms with van der Waals surface area (Å²) in [7, 11) is 0. The summed E-state index contributed by atoms with van der Waals surface area (Å²) in [6.07, 6.45) is 1.83. The van der Waals surface area contributed by atoms with E-state index in [2.05, 4.69) is 20.6 Å². The topological polar surface area (TPSA) is 112 Å². The minimum Gasteiger partial charge on any atom is -0.383 e. The molecule has 0 bridgehead atoms. The van der Waals surface area contributed by atoms with E-state index >= 15 is 0 Å². The molecule has 0 radical (unpaired) electrons. The first-order valence-corrected chi connectivity index (χ1v) is 10.5. The fourth-order valence-corrected chi connectivity index (χ4v) is 3.58. The molecule has 4 rings (SSSR count). The van der Waals surface area contributed by atoms with E-state index in [9.17, 15) is 9.18 Å². The Kier molecular flexibility index (Phi) is 5.72. The number of aryl methyl sites for hydroxylation is 1. The van der Waals surface area contributed by atoms with Crippen LogP contribution in [0.4, 0.5) is 15.9 Å². The molecule has 2 heterocycles. The highest BCUT2D eigenvalue weighted by atomic mass is 32.2. The van der Waals surface area contributed by atoms with E-state index in [1.165, 1.54) is 28.6 Å². The Balaban J connectivity index is 1.59. The largest absolute Gasteiger partial charge is 0.383 e. The van der Waals surface area contributed by atoms with Crippen molar-refractivity contribution < 1.29 is 13.7 Å². The number of amides is 1. The highest BCUT2D eigenvalue weighted by Gasteiger charge is 2.24. The van der Waals surface area contributed by atoms with Gasteiger partial charge in [0.25, 0.3) is 5.89 Å². The van der Waals surface area contributed by atoms with Crippen LogP contribution >= 0.6 is 11.8 Å². The van der Waals surface area contributed by atoms with Gasteiger partial charge in [0.15, 0.2) is 0 Å². The van der Waals surface area contributed by atoms with Crippen LogP contribution < -0.4 is 11.1 Å². The summed E-state index contributed by atoms with van der Waals surface area (Å²) < 4.78 is 20.3. The Bertz CT molecular complexity index is 1240. The van der Waals surface area contributed by atoms with E-state index < -0.39 is 11.7 Å². The maximum absolute atomic E-state index is 13.5. The van der Waals surface area contributed by atoms with Crippen LogP contribution in [0.3, 0.4) is 0 Å². The number of carbonyl (C=O) groups excluding carboxylic acids is 1. The van der Waals surface area contributed by atoms with Gasteiger partial charge in [0.2, 0.25) is 11.7 Å². The normalized spacial score (nSPS) is 10.9. The minimum atomic E-state index is -0.433. The average molecular weight is 438 g/mol. The summed E-state index contributed by atoms with van der Waals surface area (Å²) >= 11 is 1.34. The molecular weight excluding hydrogens is 419 g/mol. The van der Waals surface area contributed by atoms with E-state index in [1.54, 1.807) is 13.0 Å². The van der Waals surface area contributed by atoms with Crippen LogP contribution in [0.2, 0.25) is 0 Å². The number of nitrogens with one attached hydrogen (secondary N) is 1. The maximum atomic E-state index is 13.5. The van der Waals surface area contributed by atoms with Crippen LogP contribution in [-0.4, -0.2) is 32.1 Å². The van der Waals surface area contributed by atoms with Gasteiger partial charge < -0.3 is 15.6 Å². The molecule has 2 aromatic carbocycles. The summed E-state index contributed by atoms with van der Waals surface area (Å²) in [5.74, 6) is 0.0378. The molecule has 8 nitrogen and oxygen atoms in total. The molecule has 10 heteroatoms. The molecule has 4 aromatic rings. The number of benzene rings is 2. The van der Waals surface area contributed by atoms with Gasteiger partial charge in [0.05, 0.1) is 0 Å². The standard InChI is InChI=1S/C21H19FN6O2S/c1-12-8-9-14(22)10-15(12)24-16(29)11-28-18(23)17(21(26-28)31-2)20-25-19(27-30-20)13-6-4-3-5-7-13/h3-10H,11,23H2,1-2H3,(H,24,29). The van der Waals surface area contributed by atoms with Crippen LogP contribution in [0.5, 0.6) is 0 Å². The number of nitrogens with zero attached hydrogens (tertiary/aromatic N) is 4. The lowest BCUT2D eigenvalue weighted by molar-refractivity contribution is -0.116. The molecule has 0 saturated heterocycles. The maximum Gasteiger partial charge on any atom is 0.264 e. The van der Waals surface area contributed by atoms with E-state index in [0.717, 1.165) is 11.1 Å². The average Bonchev–Trinajstić information content (AvgIpc) is 3.36. The predicted octanol–water partition coefficient (Wildman–Crippen LogP) is 3.99.